The van der Waals surface area contributed by atoms with Crippen molar-refractivity contribution < 1.29 is 47.9 Å². The molecule has 2 saturated heterocycles. The van der Waals surface area contributed by atoms with E-state index < -0.39 is 55.0 Å². The summed E-state index contributed by atoms with van der Waals surface area (Å²) in [6.07, 6.45) is -3.28. The molecule has 176 valence electrons. The molecule has 5 atom stereocenters. The van der Waals surface area contributed by atoms with Gasteiger partial charge in [0.2, 0.25) is 12.2 Å². The van der Waals surface area contributed by atoms with E-state index in [4.69, 9.17) is 28.8 Å². The number of nitrogens with one attached hydrogen (secondary N) is 1. The third-order valence-electron chi connectivity index (χ3n) is 4.96. The van der Waals surface area contributed by atoms with Crippen LogP contribution < -0.4 is 10.1 Å². The molecule has 2 aliphatic rings. The number of esters is 1. The van der Waals surface area contributed by atoms with Gasteiger partial charge < -0.3 is 38.8 Å². The fraction of sp³-hybridized carbons (Fsp3) is 0.571. The van der Waals surface area contributed by atoms with E-state index >= 15 is 0 Å². The fourth-order valence-electron chi connectivity index (χ4n) is 3.60. The Balaban J connectivity index is 1.87. The van der Waals surface area contributed by atoms with Crippen LogP contribution in [-0.4, -0.2) is 79.7 Å². The van der Waals surface area contributed by atoms with Crippen LogP contribution in [0.1, 0.15) is 31.1 Å². The van der Waals surface area contributed by atoms with Gasteiger partial charge in [-0.25, -0.2) is 9.59 Å². The number of benzene rings is 1. The minimum absolute atomic E-state index is 0.151. The first-order valence-corrected chi connectivity index (χ1v) is 10.0. The summed E-state index contributed by atoms with van der Waals surface area (Å²) in [4.78, 5) is 34.7. The zero-order valence-corrected chi connectivity index (χ0v) is 18.2. The van der Waals surface area contributed by atoms with E-state index in [9.17, 15) is 14.4 Å². The average molecular weight is 453 g/mol. The minimum atomic E-state index is -1.17. The van der Waals surface area contributed by atoms with Crippen LogP contribution in [0.2, 0.25) is 0 Å². The fourth-order valence-corrected chi connectivity index (χ4v) is 3.60. The summed E-state index contributed by atoms with van der Waals surface area (Å²) >= 11 is 0. The largest absolute Gasteiger partial charge is 0.480 e. The average Bonchev–Trinajstić information content (AvgIpc) is 2.73. The van der Waals surface area contributed by atoms with Crippen molar-refractivity contribution in [1.82, 2.24) is 5.32 Å². The summed E-state index contributed by atoms with van der Waals surface area (Å²) in [5.74, 6) is -2.65. The Bertz CT molecular complexity index is 839. The summed E-state index contributed by atoms with van der Waals surface area (Å²) in [7, 11) is 1.28. The normalized spacial score (nSPS) is 28.8. The summed E-state index contributed by atoms with van der Waals surface area (Å²) < 4.78 is 33.9. The maximum absolute atomic E-state index is 11.9. The molecule has 2 aliphatic heterocycles. The SMILES string of the molecule is COC(=O)c1ccc(OC2OC3COC(C)(C)OC3C(OCC(=O)O)C2NC(C)=O)cc1. The van der Waals surface area contributed by atoms with E-state index in [1.165, 1.54) is 26.2 Å². The Morgan fingerprint density at radius 2 is 1.91 bits per heavy atom. The molecule has 2 N–H and O–H groups in total. The van der Waals surface area contributed by atoms with Crippen molar-refractivity contribution in [2.24, 2.45) is 0 Å². The smallest absolute Gasteiger partial charge is 0.337 e. The number of hydrogen-bond acceptors (Lipinski definition) is 9. The molecule has 1 amide bonds. The number of fused-ring (bicyclic) bond motifs is 1. The molecular weight excluding hydrogens is 426 g/mol. The summed E-state index contributed by atoms with van der Waals surface area (Å²) in [5, 5.41) is 11.8. The topological polar surface area (TPSA) is 139 Å². The van der Waals surface area contributed by atoms with Gasteiger partial charge >= 0.3 is 11.9 Å². The van der Waals surface area contributed by atoms with Crippen LogP contribution in [-0.2, 0) is 33.3 Å². The third kappa shape index (κ3) is 5.74. The van der Waals surface area contributed by atoms with E-state index in [1.54, 1.807) is 26.0 Å². The predicted octanol–water partition coefficient (Wildman–Crippen LogP) is 0.703. The van der Waals surface area contributed by atoms with Crippen molar-refractivity contribution in [1.29, 1.82) is 0 Å². The first-order valence-electron chi connectivity index (χ1n) is 10.0. The van der Waals surface area contributed by atoms with E-state index in [2.05, 4.69) is 10.1 Å². The summed E-state index contributed by atoms with van der Waals surface area (Å²) in [6, 6.07) is 5.26. The van der Waals surface area contributed by atoms with Gasteiger partial charge in [-0.05, 0) is 38.1 Å². The van der Waals surface area contributed by atoms with E-state index in [1.807, 2.05) is 0 Å². The second-order valence-electron chi connectivity index (χ2n) is 7.87. The summed E-state index contributed by atoms with van der Waals surface area (Å²) in [6.45, 7) is 4.30. The molecule has 2 heterocycles. The quantitative estimate of drug-likeness (QED) is 0.567. The number of hydrogen-bond donors (Lipinski definition) is 2. The lowest BCUT2D eigenvalue weighted by molar-refractivity contribution is -0.364. The van der Waals surface area contributed by atoms with Crippen LogP contribution >= 0.6 is 0 Å². The number of amides is 1. The molecule has 2 fully saturated rings. The molecule has 32 heavy (non-hydrogen) atoms. The first kappa shape index (κ1) is 23.9. The second-order valence-corrected chi connectivity index (χ2v) is 7.87. The van der Waals surface area contributed by atoms with Crippen LogP contribution in [0.4, 0.5) is 0 Å². The Kier molecular flexibility index (Phi) is 7.34. The van der Waals surface area contributed by atoms with Crippen molar-refractivity contribution >= 4 is 17.8 Å². The standard InChI is InChI=1S/C21H27NO10/c1-11(23)22-16-18(28-10-15(24)25)17-14(9-29-21(2,3)32-17)31-20(16)30-13-7-5-12(6-8-13)19(26)27-4/h5-8,14,16-18,20H,9-10H2,1-4H3,(H,22,23)(H,24,25). The zero-order valence-electron chi connectivity index (χ0n) is 18.2. The van der Waals surface area contributed by atoms with Gasteiger partial charge in [0.05, 0.1) is 19.3 Å². The van der Waals surface area contributed by atoms with Gasteiger partial charge in [-0.2, -0.15) is 0 Å². The molecule has 0 bridgehead atoms. The number of methoxy groups -OCH3 is 1. The number of carbonyl (C=O) groups is 3. The lowest BCUT2D eigenvalue weighted by atomic mass is 9.95. The van der Waals surface area contributed by atoms with Gasteiger partial charge in [0.25, 0.3) is 0 Å². The molecule has 3 rings (SSSR count). The molecule has 0 saturated carbocycles. The van der Waals surface area contributed by atoms with Crippen LogP contribution in [0.25, 0.3) is 0 Å². The van der Waals surface area contributed by atoms with Crippen LogP contribution in [0.3, 0.4) is 0 Å². The molecular formula is C21H27NO10. The predicted molar refractivity (Wildman–Crippen MR) is 107 cm³/mol. The zero-order chi connectivity index (χ0) is 23.5. The molecule has 5 unspecified atom stereocenters. The number of rotatable bonds is 7. The lowest BCUT2D eigenvalue weighted by Crippen LogP contribution is -2.69. The molecule has 11 nitrogen and oxygen atoms in total. The highest BCUT2D eigenvalue weighted by Crippen LogP contribution is 2.34. The second kappa shape index (κ2) is 9.82. The highest BCUT2D eigenvalue weighted by molar-refractivity contribution is 5.89. The maximum Gasteiger partial charge on any atom is 0.337 e. The Hall–Kier alpha value is -2.73. The van der Waals surface area contributed by atoms with Gasteiger partial charge in [0.15, 0.2) is 5.79 Å². The molecule has 0 aromatic heterocycles. The van der Waals surface area contributed by atoms with Gasteiger partial charge in [-0.15, -0.1) is 0 Å². The number of carboxylic acids is 1. The molecule has 0 spiro atoms. The minimum Gasteiger partial charge on any atom is -0.480 e. The van der Waals surface area contributed by atoms with Gasteiger partial charge in [0, 0.05) is 6.92 Å². The van der Waals surface area contributed by atoms with Crippen molar-refractivity contribution in [3.05, 3.63) is 29.8 Å². The van der Waals surface area contributed by atoms with Crippen molar-refractivity contribution in [3.8, 4) is 5.75 Å². The molecule has 1 aromatic carbocycles. The number of ether oxygens (including phenoxy) is 6. The first-order chi connectivity index (χ1) is 15.1. The molecule has 11 heteroatoms. The van der Waals surface area contributed by atoms with Crippen LogP contribution in [0, 0.1) is 0 Å². The van der Waals surface area contributed by atoms with Crippen molar-refractivity contribution in [2.45, 2.75) is 57.2 Å². The number of carboxylic acid groups (broad SMARTS) is 1. The molecule has 0 aliphatic carbocycles. The van der Waals surface area contributed by atoms with Crippen molar-refractivity contribution in [3.63, 3.8) is 0 Å². The third-order valence-corrected chi connectivity index (χ3v) is 4.96. The number of aliphatic carboxylic acids is 1. The Morgan fingerprint density at radius 3 is 2.50 bits per heavy atom. The van der Waals surface area contributed by atoms with Gasteiger partial charge in [0.1, 0.15) is 36.7 Å². The monoisotopic (exact) mass is 453 g/mol. The maximum atomic E-state index is 11.9. The van der Waals surface area contributed by atoms with Gasteiger partial charge in [-0.1, -0.05) is 0 Å². The van der Waals surface area contributed by atoms with E-state index in [-0.39, 0.29) is 12.5 Å². The van der Waals surface area contributed by atoms with Crippen molar-refractivity contribution in [2.75, 3.05) is 20.3 Å². The van der Waals surface area contributed by atoms with Crippen LogP contribution in [0.5, 0.6) is 5.75 Å². The van der Waals surface area contributed by atoms with E-state index in [0.717, 1.165) is 0 Å². The number of carbonyl (C=O) groups excluding carboxylic acids is 2. The van der Waals surface area contributed by atoms with Gasteiger partial charge in [-0.3, -0.25) is 4.79 Å². The molecule has 1 aromatic rings. The lowest BCUT2D eigenvalue weighted by Gasteiger charge is -2.50. The summed E-state index contributed by atoms with van der Waals surface area (Å²) in [5.41, 5.74) is 0.335. The highest BCUT2D eigenvalue weighted by Gasteiger charge is 2.53. The van der Waals surface area contributed by atoms with Crippen LogP contribution in [0.15, 0.2) is 24.3 Å². The molecule has 0 radical (unpaired) electrons. The Labute approximate surface area is 184 Å². The van der Waals surface area contributed by atoms with E-state index in [0.29, 0.717) is 11.3 Å². The Morgan fingerprint density at radius 1 is 1.22 bits per heavy atom. The highest BCUT2D eigenvalue weighted by atomic mass is 16.8.